The fourth-order valence-corrected chi connectivity index (χ4v) is 9.41. The molecule has 0 unspecified atom stereocenters. The number of hydrogen-bond acceptors (Lipinski definition) is 4. The molecule has 9 rings (SSSR count). The Hall–Kier alpha value is -6.82. The summed E-state index contributed by atoms with van der Waals surface area (Å²) in [6.07, 6.45) is -12.2. The van der Waals surface area contributed by atoms with Crippen molar-refractivity contribution < 1.29 is 45.5 Å². The minimum Gasteiger partial charge on any atom is -0.277 e. The number of carbonyl (C=O) groups is 4. The summed E-state index contributed by atoms with van der Waals surface area (Å²) in [5.41, 5.74) is -1.79. The van der Waals surface area contributed by atoms with Crippen molar-refractivity contribution in [2.75, 3.05) is 11.9 Å². The molecule has 2 aliphatic heterocycles. The van der Waals surface area contributed by atoms with Gasteiger partial charge < -0.3 is 0 Å². The number of fused-ring (bicyclic) bond motifs is 5. The van der Waals surface area contributed by atoms with Crippen LogP contribution in [0.4, 0.5) is 32.0 Å². The van der Waals surface area contributed by atoms with Crippen molar-refractivity contribution in [2.45, 2.75) is 44.0 Å². The predicted molar refractivity (Wildman–Crippen MR) is 211 cm³/mol. The molecule has 0 aromatic heterocycles. The number of carbonyl (C=O) groups excluding carboxylic acids is 4. The Bertz CT molecular complexity index is 2850. The molecule has 0 spiro atoms. The number of imide groups is 2. The highest BCUT2D eigenvalue weighted by atomic mass is 19.4. The lowest BCUT2D eigenvalue weighted by atomic mass is 9.67. The van der Waals surface area contributed by atoms with Crippen molar-refractivity contribution >= 4 is 29.3 Å². The molecular formula is C48H32F6N2O4. The maximum absolute atomic E-state index is 15.3. The first-order chi connectivity index (χ1) is 28.3. The molecule has 0 saturated heterocycles. The predicted octanol–water partition coefficient (Wildman–Crippen LogP) is 10.4. The van der Waals surface area contributed by atoms with Gasteiger partial charge in [0.05, 0.1) is 33.4 Å². The molecule has 0 atom stereocenters. The summed E-state index contributed by atoms with van der Waals surface area (Å²) in [7, 11) is 1.06. The Morgan fingerprint density at radius 3 is 1.42 bits per heavy atom. The van der Waals surface area contributed by atoms with Crippen molar-refractivity contribution in [1.82, 2.24) is 4.90 Å². The Morgan fingerprint density at radius 2 is 0.900 bits per heavy atom. The molecule has 1 aliphatic carbocycles. The third-order valence-electron chi connectivity index (χ3n) is 12.5. The van der Waals surface area contributed by atoms with Crippen LogP contribution in [-0.2, 0) is 10.8 Å². The second kappa shape index (κ2) is 12.8. The van der Waals surface area contributed by atoms with E-state index in [1.807, 2.05) is 44.2 Å². The van der Waals surface area contributed by atoms with E-state index in [1.54, 1.807) is 19.1 Å². The average molecular weight is 815 g/mol. The maximum Gasteiger partial charge on any atom is 0.411 e. The molecule has 0 bridgehead atoms. The molecule has 6 aromatic carbocycles. The number of nitrogens with zero attached hydrogens (tertiary/aromatic N) is 2. The van der Waals surface area contributed by atoms with Crippen molar-refractivity contribution in [3.8, 4) is 11.1 Å². The highest BCUT2D eigenvalue weighted by Gasteiger charge is 2.73. The van der Waals surface area contributed by atoms with Crippen molar-refractivity contribution in [1.29, 1.82) is 0 Å². The van der Waals surface area contributed by atoms with Gasteiger partial charge in [-0.25, -0.2) is 4.90 Å². The third-order valence-corrected chi connectivity index (χ3v) is 12.5. The molecule has 0 fully saturated rings. The highest BCUT2D eigenvalue weighted by molar-refractivity contribution is 6.34. The van der Waals surface area contributed by atoms with Crippen molar-refractivity contribution in [3.05, 3.63) is 194 Å². The largest absolute Gasteiger partial charge is 0.411 e. The SMILES string of the molecule is Cc1ccc(C2(c3ccc(N4C(=O)c5ccc(C(c6ccc7c(c6)C(=O)N(C)C7=O)(C(F)(F)F)C(F)(F)F)cc5C4=O)c(C)c3)c3ccccc3-c3ccccc32)cc1C. The van der Waals surface area contributed by atoms with E-state index < -0.39 is 69.1 Å². The van der Waals surface area contributed by atoms with Crippen LogP contribution in [0.15, 0.2) is 121 Å². The van der Waals surface area contributed by atoms with Gasteiger partial charge in [-0.3, -0.25) is 24.1 Å². The van der Waals surface area contributed by atoms with Crippen molar-refractivity contribution in [2.24, 2.45) is 0 Å². The van der Waals surface area contributed by atoms with Gasteiger partial charge in [0, 0.05) is 7.05 Å². The summed E-state index contributed by atoms with van der Waals surface area (Å²) in [5.74, 6) is -3.98. The number of halogens is 6. The quantitative estimate of drug-likeness (QED) is 0.128. The normalized spacial score (nSPS) is 15.7. The van der Waals surface area contributed by atoms with Crippen LogP contribution in [0, 0.1) is 20.8 Å². The van der Waals surface area contributed by atoms with Crippen LogP contribution < -0.4 is 4.90 Å². The lowest BCUT2D eigenvalue weighted by Crippen LogP contribution is -2.55. The summed E-state index contributed by atoms with van der Waals surface area (Å²) in [6, 6.07) is 31.1. The van der Waals surface area contributed by atoms with Crippen LogP contribution in [-0.4, -0.2) is 47.9 Å². The molecule has 0 N–H and O–H groups in total. The summed E-state index contributed by atoms with van der Waals surface area (Å²) in [6.45, 7) is 5.74. The Morgan fingerprint density at radius 1 is 0.450 bits per heavy atom. The minimum absolute atomic E-state index is 0.102. The second-order valence-electron chi connectivity index (χ2n) is 15.5. The van der Waals surface area contributed by atoms with E-state index in [0.717, 1.165) is 68.6 Å². The number of amides is 4. The summed E-state index contributed by atoms with van der Waals surface area (Å²) < 4.78 is 91.6. The molecule has 6 nitrogen and oxygen atoms in total. The highest BCUT2D eigenvalue weighted by Crippen LogP contribution is 2.58. The van der Waals surface area contributed by atoms with E-state index in [-0.39, 0.29) is 16.8 Å². The first kappa shape index (κ1) is 38.7. The number of aryl methyl sites for hydroxylation is 3. The van der Waals surface area contributed by atoms with Crippen LogP contribution in [0.25, 0.3) is 11.1 Å². The number of benzene rings is 6. The number of anilines is 1. The van der Waals surface area contributed by atoms with Crippen LogP contribution in [0.5, 0.6) is 0 Å². The van der Waals surface area contributed by atoms with E-state index in [2.05, 4.69) is 42.5 Å². The van der Waals surface area contributed by atoms with Gasteiger partial charge in [-0.1, -0.05) is 91.0 Å². The molecule has 0 saturated carbocycles. The standard InChI is InChI=1S/C48H32F6N2O4/c1-25-13-14-28(21-26(25)2)45(38-11-7-5-9-32(38)33-10-6-8-12-39(33)45)29-17-20-40(27(3)22-29)56-43(59)35-19-16-31(24-37(35)44(56)60)46(47(49,50)51,48(52,53)54)30-15-18-34-36(23-30)42(58)55(4)41(34)57/h5-24H,1-4H3. The molecule has 60 heavy (non-hydrogen) atoms. The van der Waals surface area contributed by atoms with E-state index >= 15 is 26.3 Å². The third kappa shape index (κ3) is 4.96. The molecule has 300 valence electrons. The van der Waals surface area contributed by atoms with Crippen molar-refractivity contribution in [3.63, 3.8) is 0 Å². The topological polar surface area (TPSA) is 74.8 Å². The smallest absolute Gasteiger partial charge is 0.277 e. The molecule has 3 aliphatic rings. The number of hydrogen-bond donors (Lipinski definition) is 0. The fourth-order valence-electron chi connectivity index (χ4n) is 9.41. The molecular weight excluding hydrogens is 783 g/mol. The van der Waals surface area contributed by atoms with Crippen LogP contribution in [0.3, 0.4) is 0 Å². The van der Waals surface area contributed by atoms with E-state index in [0.29, 0.717) is 34.7 Å². The van der Waals surface area contributed by atoms with Crippen LogP contribution in [0.1, 0.15) is 91.5 Å². The van der Waals surface area contributed by atoms with Crippen LogP contribution >= 0.6 is 0 Å². The summed E-state index contributed by atoms with van der Waals surface area (Å²) in [5, 5.41) is 0. The van der Waals surface area contributed by atoms with E-state index in [1.165, 1.54) is 0 Å². The molecule has 6 aromatic rings. The molecule has 4 amide bonds. The number of alkyl halides is 6. The first-order valence-corrected chi connectivity index (χ1v) is 18.9. The Labute approximate surface area is 339 Å². The average Bonchev–Trinajstić information content (AvgIpc) is 3.73. The maximum atomic E-state index is 15.3. The van der Waals surface area contributed by atoms with Gasteiger partial charge >= 0.3 is 12.4 Å². The second-order valence-corrected chi connectivity index (χ2v) is 15.5. The van der Waals surface area contributed by atoms with Gasteiger partial charge in [0.1, 0.15) is 0 Å². The summed E-state index contributed by atoms with van der Waals surface area (Å²) in [4.78, 5) is 54.8. The molecule has 12 heteroatoms. The van der Waals surface area contributed by atoms with E-state index in [4.69, 9.17) is 0 Å². The molecule has 0 radical (unpaired) electrons. The van der Waals surface area contributed by atoms with Gasteiger partial charge in [0.2, 0.25) is 5.41 Å². The Balaban J connectivity index is 1.18. The van der Waals surface area contributed by atoms with Gasteiger partial charge in [0.25, 0.3) is 23.6 Å². The lowest BCUT2D eigenvalue weighted by molar-refractivity contribution is -0.288. The fraction of sp³-hybridized carbons (Fsp3) is 0.167. The summed E-state index contributed by atoms with van der Waals surface area (Å²) >= 11 is 0. The van der Waals surface area contributed by atoms with Gasteiger partial charge in [-0.2, -0.15) is 26.3 Å². The Kier molecular flexibility index (Phi) is 8.28. The van der Waals surface area contributed by atoms with Gasteiger partial charge in [-0.15, -0.1) is 0 Å². The van der Waals surface area contributed by atoms with E-state index in [9.17, 15) is 19.2 Å². The zero-order valence-corrected chi connectivity index (χ0v) is 32.3. The van der Waals surface area contributed by atoms with Gasteiger partial charge in [0.15, 0.2) is 0 Å². The zero-order valence-electron chi connectivity index (χ0n) is 32.3. The monoisotopic (exact) mass is 814 g/mol. The zero-order chi connectivity index (χ0) is 42.8. The minimum atomic E-state index is -6.08. The van der Waals surface area contributed by atoms with Crippen LogP contribution in [0.2, 0.25) is 0 Å². The van der Waals surface area contributed by atoms with Gasteiger partial charge in [-0.05, 0) is 112 Å². The first-order valence-electron chi connectivity index (χ1n) is 18.9. The number of rotatable bonds is 5. The molecule has 2 heterocycles. The lowest BCUT2D eigenvalue weighted by Gasteiger charge is -2.38.